The van der Waals surface area contributed by atoms with Gasteiger partial charge >= 0.3 is 12.1 Å². The zero-order chi connectivity index (χ0) is 29.4. The van der Waals surface area contributed by atoms with E-state index in [0.717, 1.165) is 6.20 Å². The molecule has 0 aliphatic carbocycles. The molecule has 4 rings (SSSR count). The largest absolute Gasteiger partial charge is 0.455 e. The van der Waals surface area contributed by atoms with Crippen molar-refractivity contribution in [2.45, 2.75) is 32.5 Å². The Labute approximate surface area is 233 Å². The number of imidazole rings is 1. The van der Waals surface area contributed by atoms with Crippen molar-refractivity contribution in [1.82, 2.24) is 19.3 Å². The van der Waals surface area contributed by atoms with Gasteiger partial charge in [-0.25, -0.2) is 9.48 Å². The van der Waals surface area contributed by atoms with E-state index in [1.54, 1.807) is 70.1 Å². The Morgan fingerprint density at radius 1 is 0.975 bits per heavy atom. The van der Waals surface area contributed by atoms with Gasteiger partial charge in [0.25, 0.3) is 5.91 Å². The molecular weight excluding hydrogens is 549 g/mol. The van der Waals surface area contributed by atoms with Gasteiger partial charge in [0.15, 0.2) is 17.2 Å². The number of carbonyl (C=O) groups excluding carboxylic acids is 2. The summed E-state index contributed by atoms with van der Waals surface area (Å²) in [6, 6.07) is 14.2. The first-order valence-electron chi connectivity index (χ1n) is 12.0. The van der Waals surface area contributed by atoms with Crippen molar-refractivity contribution < 1.29 is 27.5 Å². The highest BCUT2D eigenvalue weighted by Crippen LogP contribution is 2.35. The first-order chi connectivity index (χ1) is 18.7. The molecule has 0 aliphatic heterocycles. The molecule has 2 aromatic heterocycles. The molecule has 0 atom stereocenters. The lowest BCUT2D eigenvalue weighted by atomic mass is 10.2. The van der Waals surface area contributed by atoms with Crippen molar-refractivity contribution in [3.63, 3.8) is 0 Å². The van der Waals surface area contributed by atoms with Crippen LogP contribution in [0.25, 0.3) is 11.4 Å². The van der Waals surface area contributed by atoms with Gasteiger partial charge in [0, 0.05) is 24.8 Å². The van der Waals surface area contributed by atoms with Crippen LogP contribution in [-0.2, 0) is 10.9 Å². The number of hydrogen-bond donors (Lipinski definition) is 1. The molecule has 1 amide bonds. The Kier molecular flexibility index (Phi) is 7.66. The number of aromatic nitrogens is 4. The predicted octanol–water partition coefficient (Wildman–Crippen LogP) is 6.00. The maximum absolute atomic E-state index is 14.2. The summed E-state index contributed by atoms with van der Waals surface area (Å²) in [5.41, 5.74) is -2.58. The number of carbonyl (C=O) groups is 2. The van der Waals surface area contributed by atoms with Gasteiger partial charge in [0.05, 0.1) is 17.4 Å². The third-order valence-electron chi connectivity index (χ3n) is 5.45. The third-order valence-corrected chi connectivity index (χ3v) is 5.70. The monoisotopic (exact) mass is 574 g/mol. The molecule has 1 N–H and O–H groups in total. The number of benzene rings is 2. The second-order valence-electron chi connectivity index (χ2n) is 9.92. The van der Waals surface area contributed by atoms with Gasteiger partial charge in [-0.15, -0.1) is 0 Å². The maximum atomic E-state index is 14.2. The number of alkyl halides is 3. The number of ether oxygens (including phenoxy) is 1. The van der Waals surface area contributed by atoms with Gasteiger partial charge in [-0.2, -0.15) is 23.3 Å². The van der Waals surface area contributed by atoms with Gasteiger partial charge in [-0.3, -0.25) is 9.36 Å². The molecule has 0 unspecified atom stereocenters. The number of amides is 1. The molecule has 4 aromatic rings. The first-order valence-corrected chi connectivity index (χ1v) is 12.4. The normalized spacial score (nSPS) is 11.8. The van der Waals surface area contributed by atoms with Crippen molar-refractivity contribution >= 4 is 35.2 Å². The molecule has 13 heteroatoms. The Morgan fingerprint density at radius 2 is 1.60 bits per heavy atom. The fourth-order valence-electron chi connectivity index (χ4n) is 3.87. The smallest absolute Gasteiger partial charge is 0.434 e. The van der Waals surface area contributed by atoms with Crippen LogP contribution in [0.2, 0.25) is 5.02 Å². The average Bonchev–Trinajstić information content (AvgIpc) is 3.47. The quantitative estimate of drug-likeness (QED) is 0.284. The number of para-hydroxylation sites is 1. The topological polar surface area (TPSA) is 94.3 Å². The number of anilines is 2. The minimum absolute atomic E-state index is 0.0495. The van der Waals surface area contributed by atoms with Crippen LogP contribution in [0.1, 0.15) is 47.3 Å². The van der Waals surface area contributed by atoms with E-state index in [4.69, 9.17) is 16.3 Å². The Hall–Kier alpha value is -4.32. The number of halogens is 4. The van der Waals surface area contributed by atoms with Crippen LogP contribution in [0, 0.1) is 0 Å². The molecule has 0 aliphatic rings. The molecule has 0 fully saturated rings. The van der Waals surface area contributed by atoms with E-state index in [9.17, 15) is 22.8 Å². The first kappa shape index (κ1) is 28.7. The van der Waals surface area contributed by atoms with Crippen LogP contribution < -0.4 is 10.2 Å². The van der Waals surface area contributed by atoms with Crippen LogP contribution in [0.4, 0.5) is 24.9 Å². The Morgan fingerprint density at radius 3 is 2.15 bits per heavy atom. The van der Waals surface area contributed by atoms with Gasteiger partial charge in [0.2, 0.25) is 5.95 Å². The molecule has 0 saturated carbocycles. The molecule has 2 heterocycles. The highest BCUT2D eigenvalue weighted by Gasteiger charge is 2.41. The van der Waals surface area contributed by atoms with E-state index in [-0.39, 0.29) is 23.1 Å². The average molecular weight is 575 g/mol. The van der Waals surface area contributed by atoms with Crippen LogP contribution in [-0.4, -0.2) is 50.9 Å². The van der Waals surface area contributed by atoms with E-state index in [2.05, 4.69) is 15.4 Å². The standard InChI is InChI=1S/C27H26ClF3N6O3/c1-26(2,3)40-24(39)20-22(34-25(35(4)5)36(20)17-9-7-6-8-10-17)33-23(38)19-15-32-37(21(19)27(29,30)31)18-13-11-16(28)12-14-18/h6-15H,1-5H3,(H,33,38). The van der Waals surface area contributed by atoms with Crippen LogP contribution >= 0.6 is 11.6 Å². The molecule has 0 bridgehead atoms. The fourth-order valence-corrected chi connectivity index (χ4v) is 4.00. The lowest BCUT2D eigenvalue weighted by Crippen LogP contribution is -2.27. The summed E-state index contributed by atoms with van der Waals surface area (Å²) in [4.78, 5) is 32.8. The van der Waals surface area contributed by atoms with E-state index >= 15 is 0 Å². The minimum Gasteiger partial charge on any atom is -0.455 e. The summed E-state index contributed by atoms with van der Waals surface area (Å²) >= 11 is 5.87. The molecule has 210 valence electrons. The van der Waals surface area contributed by atoms with Crippen LogP contribution in [0.3, 0.4) is 0 Å². The van der Waals surface area contributed by atoms with Crippen LogP contribution in [0.5, 0.6) is 0 Å². The van der Waals surface area contributed by atoms with Crippen molar-refractivity contribution in [1.29, 1.82) is 0 Å². The predicted molar refractivity (Wildman–Crippen MR) is 145 cm³/mol. The van der Waals surface area contributed by atoms with E-state index in [1.807, 2.05) is 0 Å². The number of esters is 1. The van der Waals surface area contributed by atoms with Crippen molar-refractivity contribution in [2.75, 3.05) is 24.3 Å². The zero-order valence-electron chi connectivity index (χ0n) is 22.2. The highest BCUT2D eigenvalue weighted by atomic mass is 35.5. The van der Waals surface area contributed by atoms with Crippen LogP contribution in [0.15, 0.2) is 60.8 Å². The van der Waals surface area contributed by atoms with Gasteiger partial charge < -0.3 is 15.0 Å². The molecular formula is C27H26ClF3N6O3. The molecule has 2 aromatic carbocycles. The molecule has 0 radical (unpaired) electrons. The second kappa shape index (κ2) is 10.7. The van der Waals surface area contributed by atoms with Gasteiger partial charge in [-0.05, 0) is 57.2 Å². The molecule has 40 heavy (non-hydrogen) atoms. The minimum atomic E-state index is -4.95. The SMILES string of the molecule is CN(C)c1nc(NC(=O)c2cnn(-c3ccc(Cl)cc3)c2C(F)(F)F)c(C(=O)OC(C)(C)C)n1-c1ccccc1. The van der Waals surface area contributed by atoms with Crippen molar-refractivity contribution in [3.8, 4) is 11.4 Å². The maximum Gasteiger partial charge on any atom is 0.434 e. The summed E-state index contributed by atoms with van der Waals surface area (Å²) < 4.78 is 50.3. The number of hydrogen-bond acceptors (Lipinski definition) is 6. The zero-order valence-corrected chi connectivity index (χ0v) is 23.0. The highest BCUT2D eigenvalue weighted by molar-refractivity contribution is 6.30. The van der Waals surface area contributed by atoms with E-state index < -0.39 is 34.9 Å². The summed E-state index contributed by atoms with van der Waals surface area (Å²) in [5.74, 6) is -2.05. The Balaban J connectivity index is 1.85. The summed E-state index contributed by atoms with van der Waals surface area (Å²) in [5, 5.41) is 6.53. The van der Waals surface area contributed by atoms with Gasteiger partial charge in [-0.1, -0.05) is 29.8 Å². The van der Waals surface area contributed by atoms with E-state index in [1.165, 1.54) is 28.8 Å². The number of nitrogens with zero attached hydrogens (tertiary/aromatic N) is 5. The lowest BCUT2D eigenvalue weighted by molar-refractivity contribution is -0.143. The number of rotatable bonds is 6. The molecule has 0 spiro atoms. The molecule has 9 nitrogen and oxygen atoms in total. The number of nitrogens with one attached hydrogen (secondary N) is 1. The fraction of sp³-hybridized carbons (Fsp3) is 0.259. The van der Waals surface area contributed by atoms with Crippen molar-refractivity contribution in [2.24, 2.45) is 0 Å². The van der Waals surface area contributed by atoms with Gasteiger partial charge in [0.1, 0.15) is 5.60 Å². The van der Waals surface area contributed by atoms with E-state index in [0.29, 0.717) is 15.4 Å². The summed E-state index contributed by atoms with van der Waals surface area (Å²) in [6.07, 6.45) is -4.14. The van der Waals surface area contributed by atoms with Crippen molar-refractivity contribution in [3.05, 3.63) is 82.8 Å². The lowest BCUT2D eigenvalue weighted by Gasteiger charge is -2.21. The Bertz CT molecular complexity index is 1540. The molecule has 0 saturated heterocycles. The third kappa shape index (κ3) is 5.96. The summed E-state index contributed by atoms with van der Waals surface area (Å²) in [7, 11) is 3.34. The summed E-state index contributed by atoms with van der Waals surface area (Å²) in [6.45, 7) is 5.00. The second-order valence-corrected chi connectivity index (χ2v) is 10.4.